The van der Waals surface area contributed by atoms with Gasteiger partial charge in [-0.15, -0.1) is 0 Å². The number of carbonyl (C=O) groups excluding carboxylic acids is 3. The lowest BCUT2D eigenvalue weighted by Crippen LogP contribution is -2.03. The van der Waals surface area contributed by atoms with Crippen LogP contribution in [0.25, 0.3) is 0 Å². The van der Waals surface area contributed by atoms with Crippen molar-refractivity contribution in [2.45, 2.75) is 20.8 Å². The Balaban J connectivity index is 0.000000459. The zero-order valence-corrected chi connectivity index (χ0v) is 12.2. The highest BCUT2D eigenvalue weighted by atomic mass is 35.5. The van der Waals surface area contributed by atoms with Gasteiger partial charge in [-0.1, -0.05) is 23.2 Å². The highest BCUT2D eigenvalue weighted by molar-refractivity contribution is 6.40. The van der Waals surface area contributed by atoms with Crippen LogP contribution in [0.1, 0.15) is 31.1 Å². The predicted molar refractivity (Wildman–Crippen MR) is 76.7 cm³/mol. The van der Waals surface area contributed by atoms with Gasteiger partial charge in [-0.2, -0.15) is 0 Å². The minimum atomic E-state index is -0.380. The van der Waals surface area contributed by atoms with E-state index >= 15 is 0 Å². The van der Waals surface area contributed by atoms with E-state index < -0.39 is 0 Å². The third kappa shape index (κ3) is 4.89. The van der Waals surface area contributed by atoms with Gasteiger partial charge in [-0.3, -0.25) is 14.4 Å². The van der Waals surface area contributed by atoms with Crippen molar-refractivity contribution in [2.75, 3.05) is 11.5 Å². The molecular weight excluding hydrogens is 291 g/mol. The van der Waals surface area contributed by atoms with Gasteiger partial charge < -0.3 is 11.5 Å². The first kappa shape index (κ1) is 17.4. The van der Waals surface area contributed by atoms with Crippen LogP contribution >= 0.6 is 23.2 Å². The van der Waals surface area contributed by atoms with E-state index in [9.17, 15) is 14.4 Å². The fourth-order valence-corrected chi connectivity index (χ4v) is 1.51. The van der Waals surface area contributed by atoms with Crippen molar-refractivity contribution >= 4 is 51.9 Å². The van der Waals surface area contributed by atoms with Crippen LogP contribution in [0.5, 0.6) is 0 Å². The van der Waals surface area contributed by atoms with Gasteiger partial charge in [0.1, 0.15) is 0 Å². The summed E-state index contributed by atoms with van der Waals surface area (Å²) in [6, 6.07) is 1.42. The summed E-state index contributed by atoms with van der Waals surface area (Å²) in [5, 5.41) is 0.404. The quantitative estimate of drug-likeness (QED) is 0.496. The number of halogens is 2. The predicted octanol–water partition coefficient (Wildman–Crippen LogP) is 2.52. The number of carbonyl (C=O) groups is 3. The molecule has 0 heterocycles. The number of nitrogen functional groups attached to an aromatic ring is 2. The van der Waals surface area contributed by atoms with E-state index in [1.54, 1.807) is 0 Å². The summed E-state index contributed by atoms with van der Waals surface area (Å²) in [5.74, 6) is -1.01. The summed E-state index contributed by atoms with van der Waals surface area (Å²) >= 11 is 11.5. The van der Waals surface area contributed by atoms with E-state index in [0.29, 0.717) is 0 Å². The second-order valence-corrected chi connectivity index (χ2v) is 4.50. The fraction of sp³-hybridized carbons (Fsp3) is 0.250. The minimum absolute atomic E-state index is 0.161. The lowest BCUT2D eigenvalue weighted by Gasteiger charge is -2.08. The van der Waals surface area contributed by atoms with Crippen LogP contribution in [0.3, 0.4) is 0 Å². The summed E-state index contributed by atoms with van der Waals surface area (Å²) in [6.07, 6.45) is 0. The van der Waals surface area contributed by atoms with Crippen molar-refractivity contribution in [2.24, 2.45) is 0 Å². The molecule has 0 aliphatic heterocycles. The topological polar surface area (TPSA) is 103 Å². The summed E-state index contributed by atoms with van der Waals surface area (Å²) < 4.78 is 0. The molecule has 0 fully saturated rings. The van der Waals surface area contributed by atoms with E-state index in [2.05, 4.69) is 0 Å². The van der Waals surface area contributed by atoms with Gasteiger partial charge >= 0.3 is 0 Å². The van der Waals surface area contributed by atoms with Crippen molar-refractivity contribution in [1.29, 1.82) is 0 Å². The van der Waals surface area contributed by atoms with E-state index in [4.69, 9.17) is 34.7 Å². The lowest BCUT2D eigenvalue weighted by atomic mass is 10.1. The second kappa shape index (κ2) is 7.11. The maximum Gasteiger partial charge on any atom is 0.195 e. The van der Waals surface area contributed by atoms with Gasteiger partial charge in [0.05, 0.1) is 27.0 Å². The molecule has 0 bridgehead atoms. The first-order valence-corrected chi connectivity index (χ1v) is 5.90. The molecule has 1 rings (SSSR count). The zero-order chi connectivity index (χ0) is 15.3. The summed E-state index contributed by atoms with van der Waals surface area (Å²) in [6.45, 7) is 3.86. The molecule has 0 amide bonds. The summed E-state index contributed by atoms with van der Waals surface area (Å²) in [7, 11) is 0. The number of hydrogen-bond donors (Lipinski definition) is 2. The van der Waals surface area contributed by atoms with Crippen molar-refractivity contribution in [3.8, 4) is 0 Å². The third-order valence-corrected chi connectivity index (χ3v) is 2.85. The van der Waals surface area contributed by atoms with Crippen LogP contribution in [-0.4, -0.2) is 17.3 Å². The first-order chi connectivity index (χ1) is 8.59. The maximum absolute atomic E-state index is 11.1. The molecule has 104 valence electrons. The molecule has 1 aromatic carbocycles. The van der Waals surface area contributed by atoms with E-state index in [-0.39, 0.29) is 44.3 Å². The molecule has 19 heavy (non-hydrogen) atoms. The van der Waals surface area contributed by atoms with Crippen molar-refractivity contribution in [3.63, 3.8) is 0 Å². The Morgan fingerprint density at radius 2 is 1.42 bits per heavy atom. The van der Waals surface area contributed by atoms with Crippen LogP contribution in [0.15, 0.2) is 6.07 Å². The largest absolute Gasteiger partial charge is 0.397 e. The highest BCUT2D eigenvalue weighted by Crippen LogP contribution is 2.34. The number of nitrogens with two attached hydrogens (primary N) is 2. The Bertz CT molecular complexity index is 504. The fourth-order valence-electron chi connectivity index (χ4n) is 1.00. The standard InChI is InChI=1S/C8H8Cl2N2O.C4H6O2/c1-3(13)6-7(10)5(11)2-4(9)8(6)12;1-3(5)4(2)6/h2H,11-12H2,1H3;1-2H3. The molecule has 0 unspecified atom stereocenters. The van der Waals surface area contributed by atoms with Gasteiger partial charge in [0.2, 0.25) is 0 Å². The molecule has 0 aliphatic rings. The molecule has 7 heteroatoms. The van der Waals surface area contributed by atoms with Crippen LogP contribution in [-0.2, 0) is 9.59 Å². The van der Waals surface area contributed by atoms with Crippen molar-refractivity contribution in [3.05, 3.63) is 21.7 Å². The molecule has 0 saturated heterocycles. The van der Waals surface area contributed by atoms with Gasteiger partial charge in [-0.25, -0.2) is 0 Å². The van der Waals surface area contributed by atoms with Crippen LogP contribution in [0, 0.1) is 0 Å². The number of rotatable bonds is 2. The minimum Gasteiger partial charge on any atom is -0.397 e. The van der Waals surface area contributed by atoms with Crippen LogP contribution in [0.2, 0.25) is 10.0 Å². The number of anilines is 2. The normalized spacial score (nSPS) is 9.32. The Kier molecular flexibility index (Phi) is 6.52. The maximum atomic E-state index is 11.1. The van der Waals surface area contributed by atoms with Crippen molar-refractivity contribution < 1.29 is 14.4 Å². The third-order valence-electron chi connectivity index (χ3n) is 2.13. The Labute approximate surface area is 120 Å². The van der Waals surface area contributed by atoms with E-state index in [0.717, 1.165) is 0 Å². The summed E-state index contributed by atoms with van der Waals surface area (Å²) in [4.78, 5) is 30.7. The number of Topliss-reactive ketones (excluding diaryl/α,β-unsaturated/α-hetero) is 3. The molecular formula is C12H14Cl2N2O3. The van der Waals surface area contributed by atoms with Gasteiger partial charge in [-0.05, 0) is 13.0 Å². The zero-order valence-electron chi connectivity index (χ0n) is 10.7. The van der Waals surface area contributed by atoms with Crippen LogP contribution in [0.4, 0.5) is 11.4 Å². The molecule has 0 aliphatic carbocycles. The first-order valence-electron chi connectivity index (χ1n) is 5.15. The summed E-state index contributed by atoms with van der Waals surface area (Å²) in [5.41, 5.74) is 11.7. The van der Waals surface area contributed by atoms with E-state index in [1.165, 1.54) is 26.8 Å². The monoisotopic (exact) mass is 304 g/mol. The molecule has 1 aromatic rings. The number of ketones is 3. The average Bonchev–Trinajstić information content (AvgIpc) is 2.27. The van der Waals surface area contributed by atoms with Gasteiger partial charge in [0, 0.05) is 13.8 Å². The SMILES string of the molecule is CC(=O)C(C)=O.CC(=O)c1c(N)c(Cl)cc(N)c1Cl. The lowest BCUT2D eigenvalue weighted by molar-refractivity contribution is -0.134. The second-order valence-electron chi connectivity index (χ2n) is 3.72. The molecule has 0 atom stereocenters. The average molecular weight is 305 g/mol. The molecule has 0 radical (unpaired) electrons. The molecule has 5 nitrogen and oxygen atoms in total. The van der Waals surface area contributed by atoms with E-state index in [1.807, 2.05) is 0 Å². The Morgan fingerprint density at radius 1 is 1.00 bits per heavy atom. The van der Waals surface area contributed by atoms with Gasteiger partial charge in [0.15, 0.2) is 17.3 Å². The highest BCUT2D eigenvalue weighted by Gasteiger charge is 2.15. The Morgan fingerprint density at radius 3 is 1.74 bits per heavy atom. The molecule has 0 spiro atoms. The molecule has 0 aromatic heterocycles. The van der Waals surface area contributed by atoms with Crippen LogP contribution < -0.4 is 11.5 Å². The van der Waals surface area contributed by atoms with Crippen molar-refractivity contribution in [1.82, 2.24) is 0 Å². The number of benzene rings is 1. The smallest absolute Gasteiger partial charge is 0.195 e. The molecule has 4 N–H and O–H groups in total. The Hall–Kier alpha value is -1.59. The van der Waals surface area contributed by atoms with Gasteiger partial charge in [0.25, 0.3) is 0 Å². The molecule has 0 saturated carbocycles. The number of hydrogen-bond acceptors (Lipinski definition) is 5.